The van der Waals surface area contributed by atoms with Gasteiger partial charge in [-0.3, -0.25) is 0 Å². The van der Waals surface area contributed by atoms with E-state index in [2.05, 4.69) is 22.4 Å². The van der Waals surface area contributed by atoms with Crippen molar-refractivity contribution in [3.63, 3.8) is 0 Å². The molecule has 0 bridgehead atoms. The van der Waals surface area contributed by atoms with Crippen molar-refractivity contribution in [3.8, 4) is 5.75 Å². The SMILES string of the molecule is CNC1CCc2cc(OCc3ncc(Cl)n3C)ccc21. The second-order valence-electron chi connectivity index (χ2n) is 5.09. The number of aryl methyl sites for hydroxylation is 1. The van der Waals surface area contributed by atoms with Crippen molar-refractivity contribution in [3.05, 3.63) is 46.5 Å². The van der Waals surface area contributed by atoms with Gasteiger partial charge in [-0.15, -0.1) is 0 Å². The first-order valence-electron chi connectivity index (χ1n) is 6.78. The molecule has 3 rings (SSSR count). The van der Waals surface area contributed by atoms with E-state index in [-0.39, 0.29) is 0 Å². The van der Waals surface area contributed by atoms with Crippen LogP contribution in [0.4, 0.5) is 0 Å². The first-order chi connectivity index (χ1) is 9.69. The fraction of sp³-hybridized carbons (Fsp3) is 0.400. The number of benzene rings is 1. The topological polar surface area (TPSA) is 39.1 Å². The lowest BCUT2D eigenvalue weighted by atomic mass is 10.1. The van der Waals surface area contributed by atoms with Gasteiger partial charge in [0, 0.05) is 13.1 Å². The molecule has 0 spiro atoms. The van der Waals surface area contributed by atoms with Crippen molar-refractivity contribution in [2.75, 3.05) is 7.05 Å². The molecule has 1 heterocycles. The van der Waals surface area contributed by atoms with E-state index < -0.39 is 0 Å². The van der Waals surface area contributed by atoms with Gasteiger partial charge in [-0.05, 0) is 43.1 Å². The summed E-state index contributed by atoms with van der Waals surface area (Å²) in [7, 11) is 3.89. The van der Waals surface area contributed by atoms with Crippen LogP contribution in [0.1, 0.15) is 29.4 Å². The molecular formula is C15H18ClN3O. The summed E-state index contributed by atoms with van der Waals surface area (Å²) in [6.45, 7) is 0.428. The smallest absolute Gasteiger partial charge is 0.147 e. The molecule has 1 aliphatic carbocycles. The average molecular weight is 292 g/mol. The number of nitrogens with one attached hydrogen (secondary N) is 1. The average Bonchev–Trinajstić information content (AvgIpc) is 3.01. The molecule has 1 aromatic carbocycles. The van der Waals surface area contributed by atoms with Gasteiger partial charge < -0.3 is 14.6 Å². The maximum absolute atomic E-state index is 5.96. The normalized spacial score (nSPS) is 17.2. The van der Waals surface area contributed by atoms with Crippen LogP contribution in [0.3, 0.4) is 0 Å². The second kappa shape index (κ2) is 5.46. The number of hydrogen-bond donors (Lipinski definition) is 1. The lowest BCUT2D eigenvalue weighted by molar-refractivity contribution is 0.291. The molecule has 106 valence electrons. The Bertz CT molecular complexity index is 624. The summed E-state index contributed by atoms with van der Waals surface area (Å²) in [5.41, 5.74) is 2.76. The molecule has 20 heavy (non-hydrogen) atoms. The van der Waals surface area contributed by atoms with Crippen LogP contribution in [0.2, 0.25) is 5.15 Å². The van der Waals surface area contributed by atoms with Gasteiger partial charge in [-0.2, -0.15) is 0 Å². The first-order valence-corrected chi connectivity index (χ1v) is 7.16. The maximum atomic E-state index is 5.96. The molecule has 4 nitrogen and oxygen atoms in total. The third kappa shape index (κ3) is 2.41. The van der Waals surface area contributed by atoms with Gasteiger partial charge in [0.1, 0.15) is 23.3 Å². The fourth-order valence-electron chi connectivity index (χ4n) is 2.69. The molecule has 1 unspecified atom stereocenters. The summed E-state index contributed by atoms with van der Waals surface area (Å²) in [6.07, 6.45) is 3.90. The number of fused-ring (bicyclic) bond motifs is 1. The van der Waals surface area contributed by atoms with Gasteiger partial charge >= 0.3 is 0 Å². The van der Waals surface area contributed by atoms with Crippen molar-refractivity contribution in [2.24, 2.45) is 7.05 Å². The van der Waals surface area contributed by atoms with E-state index in [0.29, 0.717) is 17.8 Å². The van der Waals surface area contributed by atoms with Crippen LogP contribution < -0.4 is 10.1 Å². The van der Waals surface area contributed by atoms with Crippen molar-refractivity contribution in [1.29, 1.82) is 0 Å². The Morgan fingerprint density at radius 2 is 2.35 bits per heavy atom. The minimum atomic E-state index is 0.428. The Balaban J connectivity index is 1.72. The Kier molecular flexibility index (Phi) is 3.68. The first kappa shape index (κ1) is 13.5. The molecule has 0 saturated heterocycles. The Labute approximate surface area is 123 Å². The highest BCUT2D eigenvalue weighted by Gasteiger charge is 2.21. The molecule has 0 radical (unpaired) electrons. The van der Waals surface area contributed by atoms with E-state index in [1.165, 1.54) is 11.1 Å². The highest BCUT2D eigenvalue weighted by molar-refractivity contribution is 6.29. The van der Waals surface area contributed by atoms with E-state index >= 15 is 0 Å². The van der Waals surface area contributed by atoms with Crippen LogP contribution >= 0.6 is 11.6 Å². The fourth-order valence-corrected chi connectivity index (χ4v) is 2.84. The van der Waals surface area contributed by atoms with Gasteiger partial charge in [-0.25, -0.2) is 4.98 Å². The van der Waals surface area contributed by atoms with Crippen LogP contribution in [0, 0.1) is 0 Å². The molecule has 1 atom stereocenters. The Hall–Kier alpha value is -1.52. The minimum absolute atomic E-state index is 0.428. The van der Waals surface area contributed by atoms with Crippen LogP contribution in [0.15, 0.2) is 24.4 Å². The predicted octanol–water partition coefficient (Wildman–Crippen LogP) is 2.86. The summed E-state index contributed by atoms with van der Waals surface area (Å²) >= 11 is 5.96. The molecule has 1 aromatic heterocycles. The summed E-state index contributed by atoms with van der Waals surface area (Å²) < 4.78 is 7.64. The summed E-state index contributed by atoms with van der Waals surface area (Å²) in [5, 5.41) is 3.96. The second-order valence-corrected chi connectivity index (χ2v) is 5.47. The molecule has 0 aliphatic heterocycles. The van der Waals surface area contributed by atoms with E-state index in [1.54, 1.807) is 6.20 Å². The van der Waals surface area contributed by atoms with Crippen LogP contribution in [0.5, 0.6) is 5.75 Å². The van der Waals surface area contributed by atoms with Crippen molar-refractivity contribution < 1.29 is 4.74 Å². The number of aromatic nitrogens is 2. The summed E-state index contributed by atoms with van der Waals surface area (Å²) in [4.78, 5) is 4.22. The van der Waals surface area contributed by atoms with E-state index in [4.69, 9.17) is 16.3 Å². The van der Waals surface area contributed by atoms with E-state index in [9.17, 15) is 0 Å². The Morgan fingerprint density at radius 1 is 1.50 bits per heavy atom. The molecule has 0 fully saturated rings. The highest BCUT2D eigenvalue weighted by atomic mass is 35.5. The highest BCUT2D eigenvalue weighted by Crippen LogP contribution is 2.33. The zero-order chi connectivity index (χ0) is 14.1. The van der Waals surface area contributed by atoms with Crippen molar-refractivity contribution in [1.82, 2.24) is 14.9 Å². The van der Waals surface area contributed by atoms with E-state index in [0.717, 1.165) is 24.4 Å². The summed E-state index contributed by atoms with van der Waals surface area (Å²) in [5.74, 6) is 1.71. The van der Waals surface area contributed by atoms with Gasteiger partial charge in [-0.1, -0.05) is 17.7 Å². The Morgan fingerprint density at radius 3 is 3.05 bits per heavy atom. The number of imidazole rings is 1. The molecule has 1 aliphatic rings. The molecule has 2 aromatic rings. The molecule has 5 heteroatoms. The molecule has 1 N–H and O–H groups in total. The van der Waals surface area contributed by atoms with Crippen molar-refractivity contribution >= 4 is 11.6 Å². The van der Waals surface area contributed by atoms with Crippen LogP contribution in [-0.2, 0) is 20.1 Å². The van der Waals surface area contributed by atoms with Crippen molar-refractivity contribution in [2.45, 2.75) is 25.5 Å². The van der Waals surface area contributed by atoms with E-state index in [1.807, 2.05) is 24.7 Å². The minimum Gasteiger partial charge on any atom is -0.486 e. The standard InChI is InChI=1S/C15H18ClN3O/c1-17-13-6-3-10-7-11(4-5-12(10)13)20-9-15-18-8-14(16)19(15)2/h4-5,7-8,13,17H,3,6,9H2,1-2H3. The zero-order valence-corrected chi connectivity index (χ0v) is 12.4. The quantitative estimate of drug-likeness (QED) is 0.941. The zero-order valence-electron chi connectivity index (χ0n) is 11.7. The lowest BCUT2D eigenvalue weighted by Gasteiger charge is -2.11. The predicted molar refractivity (Wildman–Crippen MR) is 79.1 cm³/mol. The largest absolute Gasteiger partial charge is 0.486 e. The van der Waals surface area contributed by atoms with Gasteiger partial charge in [0.25, 0.3) is 0 Å². The van der Waals surface area contributed by atoms with Crippen LogP contribution in [-0.4, -0.2) is 16.6 Å². The molecular weight excluding hydrogens is 274 g/mol. The van der Waals surface area contributed by atoms with Gasteiger partial charge in [0.15, 0.2) is 0 Å². The molecule has 0 saturated carbocycles. The number of hydrogen-bond acceptors (Lipinski definition) is 3. The number of ether oxygens (including phenoxy) is 1. The lowest BCUT2D eigenvalue weighted by Crippen LogP contribution is -2.12. The van der Waals surface area contributed by atoms with Gasteiger partial charge in [0.05, 0.1) is 6.20 Å². The van der Waals surface area contributed by atoms with Crippen LogP contribution in [0.25, 0.3) is 0 Å². The third-order valence-electron chi connectivity index (χ3n) is 3.94. The molecule has 0 amide bonds. The number of rotatable bonds is 4. The summed E-state index contributed by atoms with van der Waals surface area (Å²) in [6, 6.07) is 6.80. The number of halogens is 1. The van der Waals surface area contributed by atoms with Gasteiger partial charge in [0.2, 0.25) is 0 Å². The number of nitrogens with zero attached hydrogens (tertiary/aromatic N) is 2. The monoisotopic (exact) mass is 291 g/mol. The third-order valence-corrected chi connectivity index (χ3v) is 4.29. The maximum Gasteiger partial charge on any atom is 0.147 e.